The molecule has 1 saturated heterocycles. The van der Waals surface area contributed by atoms with E-state index in [-0.39, 0.29) is 12.0 Å². The van der Waals surface area contributed by atoms with E-state index in [0.29, 0.717) is 12.5 Å². The zero-order chi connectivity index (χ0) is 18.2. The molecule has 3 rings (SSSR count). The van der Waals surface area contributed by atoms with Crippen LogP contribution in [0.4, 0.5) is 0 Å². The van der Waals surface area contributed by atoms with E-state index in [0.717, 1.165) is 25.0 Å². The highest BCUT2D eigenvalue weighted by atomic mass is 32.2. The van der Waals surface area contributed by atoms with E-state index in [4.69, 9.17) is 4.74 Å². The van der Waals surface area contributed by atoms with Gasteiger partial charge in [0.25, 0.3) is 0 Å². The molecule has 0 spiro atoms. The number of carbonyl (C=O) groups is 1. The van der Waals surface area contributed by atoms with E-state index in [1.54, 1.807) is 17.8 Å². The highest BCUT2D eigenvalue weighted by Crippen LogP contribution is 2.33. The molecule has 2 unspecified atom stereocenters. The zero-order valence-corrected chi connectivity index (χ0v) is 15.9. The molecule has 1 heterocycles. The molecule has 3 nitrogen and oxygen atoms in total. The van der Waals surface area contributed by atoms with Crippen LogP contribution in [-0.2, 0) is 9.53 Å². The van der Waals surface area contributed by atoms with Gasteiger partial charge in [0, 0.05) is 30.0 Å². The van der Waals surface area contributed by atoms with Crippen molar-refractivity contribution in [1.82, 2.24) is 5.32 Å². The fourth-order valence-corrected chi connectivity index (χ4v) is 3.65. The molecule has 4 heteroatoms. The number of hydrogen-bond acceptors (Lipinski definition) is 3. The lowest BCUT2D eigenvalue weighted by Crippen LogP contribution is -2.34. The summed E-state index contributed by atoms with van der Waals surface area (Å²) in [5.41, 5.74) is 2.22. The van der Waals surface area contributed by atoms with E-state index in [9.17, 15) is 4.79 Å². The summed E-state index contributed by atoms with van der Waals surface area (Å²) in [7, 11) is 0. The molecule has 1 fully saturated rings. The van der Waals surface area contributed by atoms with Crippen LogP contribution in [0.3, 0.4) is 0 Å². The number of hydrogen-bond donors (Lipinski definition) is 1. The molecule has 2 aromatic carbocycles. The van der Waals surface area contributed by atoms with Crippen molar-refractivity contribution in [2.45, 2.75) is 23.8 Å². The average Bonchev–Trinajstić information content (AvgIpc) is 2.72. The fraction of sp³-hybridized carbons (Fsp3) is 0.318. The van der Waals surface area contributed by atoms with E-state index in [2.05, 4.69) is 35.8 Å². The molecule has 1 aliphatic rings. The van der Waals surface area contributed by atoms with Crippen LogP contribution in [0.15, 0.2) is 65.6 Å². The maximum Gasteiger partial charge on any atom is 0.244 e. The minimum Gasteiger partial charge on any atom is -0.373 e. The topological polar surface area (TPSA) is 38.3 Å². The Bertz CT molecular complexity index is 728. The summed E-state index contributed by atoms with van der Waals surface area (Å²) in [4.78, 5) is 13.4. The summed E-state index contributed by atoms with van der Waals surface area (Å²) >= 11 is 1.71. The van der Waals surface area contributed by atoms with Crippen LogP contribution >= 0.6 is 11.8 Å². The summed E-state index contributed by atoms with van der Waals surface area (Å²) in [5, 5.41) is 3.04. The first kappa shape index (κ1) is 18.7. The molecule has 1 aliphatic heterocycles. The van der Waals surface area contributed by atoms with Crippen LogP contribution < -0.4 is 5.32 Å². The van der Waals surface area contributed by atoms with Gasteiger partial charge in [-0.25, -0.2) is 0 Å². The quantitative estimate of drug-likeness (QED) is 0.594. The van der Waals surface area contributed by atoms with Gasteiger partial charge < -0.3 is 10.1 Å². The molecule has 0 aromatic heterocycles. The Morgan fingerprint density at radius 1 is 1.19 bits per heavy atom. The van der Waals surface area contributed by atoms with Gasteiger partial charge >= 0.3 is 0 Å². The molecule has 136 valence electrons. The maximum atomic E-state index is 12.2. The third-order valence-electron chi connectivity index (χ3n) is 4.65. The first-order valence-corrected chi connectivity index (χ1v) is 10.3. The number of benzene rings is 2. The van der Waals surface area contributed by atoms with Crippen molar-refractivity contribution >= 4 is 23.7 Å². The van der Waals surface area contributed by atoms with Crippen LogP contribution in [0.2, 0.25) is 0 Å². The number of rotatable bonds is 6. The van der Waals surface area contributed by atoms with Crippen molar-refractivity contribution in [3.63, 3.8) is 0 Å². The van der Waals surface area contributed by atoms with Crippen molar-refractivity contribution in [3.8, 4) is 0 Å². The van der Waals surface area contributed by atoms with Gasteiger partial charge in [-0.1, -0.05) is 42.5 Å². The third kappa shape index (κ3) is 5.23. The highest BCUT2D eigenvalue weighted by molar-refractivity contribution is 7.98. The second-order valence-electron chi connectivity index (χ2n) is 6.46. The molecule has 1 amide bonds. The highest BCUT2D eigenvalue weighted by Gasteiger charge is 2.27. The molecular weight excluding hydrogens is 342 g/mol. The van der Waals surface area contributed by atoms with E-state index in [1.165, 1.54) is 10.5 Å². The van der Waals surface area contributed by atoms with Crippen LogP contribution in [-0.4, -0.2) is 25.3 Å². The molecule has 1 N–H and O–H groups in total. The van der Waals surface area contributed by atoms with Crippen LogP contribution in [0.1, 0.15) is 30.1 Å². The summed E-state index contributed by atoms with van der Waals surface area (Å²) in [6.45, 7) is 1.42. The minimum atomic E-state index is -0.0590. The Morgan fingerprint density at radius 3 is 2.69 bits per heavy atom. The second kappa shape index (κ2) is 9.60. The Balaban J connectivity index is 1.54. The molecule has 26 heavy (non-hydrogen) atoms. The molecule has 0 radical (unpaired) electrons. The number of amides is 1. The fourth-order valence-electron chi connectivity index (χ4n) is 3.24. The Morgan fingerprint density at radius 2 is 1.96 bits per heavy atom. The largest absolute Gasteiger partial charge is 0.373 e. The van der Waals surface area contributed by atoms with Crippen LogP contribution in [0.25, 0.3) is 6.08 Å². The number of carbonyl (C=O) groups excluding carboxylic acids is 1. The Hall–Kier alpha value is -2.04. The zero-order valence-electron chi connectivity index (χ0n) is 15.1. The molecule has 2 atom stereocenters. The van der Waals surface area contributed by atoms with Gasteiger partial charge in [0.15, 0.2) is 0 Å². The Labute approximate surface area is 159 Å². The van der Waals surface area contributed by atoms with Crippen molar-refractivity contribution in [1.29, 1.82) is 0 Å². The number of nitrogens with one attached hydrogen (secondary N) is 1. The predicted octanol–water partition coefficient (Wildman–Crippen LogP) is 4.71. The maximum absolute atomic E-state index is 12.2. The summed E-state index contributed by atoms with van der Waals surface area (Å²) in [6, 6.07) is 18.5. The predicted molar refractivity (Wildman–Crippen MR) is 108 cm³/mol. The minimum absolute atomic E-state index is 0.0590. The molecular formula is C22H25NO2S. The number of thioether (sulfide) groups is 1. The van der Waals surface area contributed by atoms with Crippen LogP contribution in [0, 0.1) is 5.92 Å². The first-order valence-electron chi connectivity index (χ1n) is 9.03. The first-order chi connectivity index (χ1) is 12.8. The van der Waals surface area contributed by atoms with Crippen molar-refractivity contribution in [2.75, 3.05) is 19.4 Å². The Kier molecular flexibility index (Phi) is 6.92. The monoisotopic (exact) mass is 367 g/mol. The molecule has 0 aliphatic carbocycles. The summed E-state index contributed by atoms with van der Waals surface area (Å²) < 4.78 is 5.99. The molecule has 2 aromatic rings. The summed E-state index contributed by atoms with van der Waals surface area (Å²) in [5.74, 6) is 0.251. The van der Waals surface area contributed by atoms with Gasteiger partial charge in [-0.15, -0.1) is 11.8 Å². The lowest BCUT2D eigenvalue weighted by molar-refractivity contribution is -0.117. The second-order valence-corrected chi connectivity index (χ2v) is 7.34. The van der Waals surface area contributed by atoms with Gasteiger partial charge in [0.1, 0.15) is 0 Å². The normalized spacial score (nSPS) is 20.2. The van der Waals surface area contributed by atoms with Crippen molar-refractivity contribution in [2.24, 2.45) is 5.92 Å². The lowest BCUT2D eigenvalue weighted by Gasteiger charge is -2.32. The molecule has 0 saturated carbocycles. The smallest absolute Gasteiger partial charge is 0.244 e. The standard InChI is InChI=1S/C22H25NO2S/c1-26-20-12-9-17(10-13-20)11-14-21(24)23-16-19-8-5-15-25-22(19)18-6-3-2-4-7-18/h2-4,6-7,9-14,19,22H,5,8,15-16H2,1H3,(H,23,24)/b14-11+. The number of ether oxygens (including phenoxy) is 1. The SMILES string of the molecule is CSc1ccc(/C=C/C(=O)NCC2CCCOC2c2ccccc2)cc1. The lowest BCUT2D eigenvalue weighted by atomic mass is 9.89. The van der Waals surface area contributed by atoms with Crippen molar-refractivity contribution < 1.29 is 9.53 Å². The van der Waals surface area contributed by atoms with Gasteiger partial charge in [0.2, 0.25) is 5.91 Å². The van der Waals surface area contributed by atoms with E-state index in [1.807, 2.05) is 36.4 Å². The van der Waals surface area contributed by atoms with E-state index >= 15 is 0 Å². The van der Waals surface area contributed by atoms with Gasteiger partial charge in [-0.05, 0) is 48.4 Å². The third-order valence-corrected chi connectivity index (χ3v) is 5.40. The van der Waals surface area contributed by atoms with E-state index < -0.39 is 0 Å². The van der Waals surface area contributed by atoms with Crippen LogP contribution in [0.5, 0.6) is 0 Å². The van der Waals surface area contributed by atoms with Gasteiger partial charge in [0.05, 0.1) is 6.10 Å². The summed E-state index contributed by atoms with van der Waals surface area (Å²) in [6.07, 6.45) is 7.69. The van der Waals surface area contributed by atoms with Gasteiger partial charge in [-0.3, -0.25) is 4.79 Å². The van der Waals surface area contributed by atoms with Gasteiger partial charge in [-0.2, -0.15) is 0 Å². The molecule has 0 bridgehead atoms. The van der Waals surface area contributed by atoms with Crippen molar-refractivity contribution in [3.05, 3.63) is 71.8 Å². The average molecular weight is 368 g/mol.